The summed E-state index contributed by atoms with van der Waals surface area (Å²) >= 11 is 0. The van der Waals surface area contributed by atoms with Gasteiger partial charge in [0.25, 0.3) is 0 Å². The van der Waals surface area contributed by atoms with Crippen LogP contribution in [0.2, 0.25) is 0 Å². The highest BCUT2D eigenvalue weighted by Gasteiger charge is 2.22. The molecule has 1 aliphatic heterocycles. The van der Waals surface area contributed by atoms with Crippen LogP contribution in [0.1, 0.15) is 30.7 Å². The lowest BCUT2D eigenvalue weighted by Gasteiger charge is -2.14. The van der Waals surface area contributed by atoms with Crippen molar-refractivity contribution in [2.24, 2.45) is 0 Å². The van der Waals surface area contributed by atoms with E-state index in [1.54, 1.807) is 18.2 Å². The van der Waals surface area contributed by atoms with E-state index in [-0.39, 0.29) is 18.1 Å². The van der Waals surface area contributed by atoms with Crippen LogP contribution >= 0.6 is 0 Å². The molecule has 2 N–H and O–H groups in total. The van der Waals surface area contributed by atoms with E-state index in [0.717, 1.165) is 18.4 Å². The van der Waals surface area contributed by atoms with Crippen LogP contribution in [0.4, 0.5) is 0 Å². The first-order valence-corrected chi connectivity index (χ1v) is 5.34. The van der Waals surface area contributed by atoms with Gasteiger partial charge in [0.1, 0.15) is 11.5 Å². The molecule has 0 fully saturated rings. The van der Waals surface area contributed by atoms with Gasteiger partial charge in [-0.1, -0.05) is 0 Å². The van der Waals surface area contributed by atoms with Crippen LogP contribution in [-0.4, -0.2) is 22.8 Å². The molecule has 1 unspecified atom stereocenters. The number of benzene rings is 1. The van der Waals surface area contributed by atoms with Crippen molar-refractivity contribution in [3.63, 3.8) is 0 Å². The zero-order valence-electron chi connectivity index (χ0n) is 8.85. The van der Waals surface area contributed by atoms with Gasteiger partial charge in [0.15, 0.2) is 0 Å². The van der Waals surface area contributed by atoms with Gasteiger partial charge in [0.05, 0.1) is 13.0 Å². The standard InChI is InChI=1S/C12H14O4/c13-9-3-4-11-10(7-9)8(6-12(14)15)2-1-5-16-11/h3-4,7-8,13H,1-2,5-6H2,(H,14,15). The lowest BCUT2D eigenvalue weighted by molar-refractivity contribution is -0.137. The van der Waals surface area contributed by atoms with Crippen molar-refractivity contribution in [1.82, 2.24) is 0 Å². The molecule has 86 valence electrons. The highest BCUT2D eigenvalue weighted by atomic mass is 16.5. The highest BCUT2D eigenvalue weighted by Crippen LogP contribution is 2.37. The molecule has 0 bridgehead atoms. The molecule has 0 saturated heterocycles. The number of hydrogen-bond donors (Lipinski definition) is 2. The Labute approximate surface area is 93.5 Å². The Hall–Kier alpha value is -1.71. The Morgan fingerprint density at radius 1 is 1.50 bits per heavy atom. The van der Waals surface area contributed by atoms with Gasteiger partial charge in [0.2, 0.25) is 0 Å². The normalized spacial score (nSPS) is 19.4. The van der Waals surface area contributed by atoms with Crippen molar-refractivity contribution >= 4 is 5.97 Å². The number of aromatic hydroxyl groups is 1. The molecule has 0 spiro atoms. The quantitative estimate of drug-likeness (QED) is 0.804. The van der Waals surface area contributed by atoms with Crippen molar-refractivity contribution in [3.05, 3.63) is 23.8 Å². The van der Waals surface area contributed by atoms with E-state index >= 15 is 0 Å². The first-order chi connectivity index (χ1) is 7.66. The first kappa shape index (κ1) is 10.8. The molecular formula is C12H14O4. The van der Waals surface area contributed by atoms with Gasteiger partial charge in [-0.25, -0.2) is 0 Å². The summed E-state index contributed by atoms with van der Waals surface area (Å²) in [6.45, 7) is 0.605. The minimum absolute atomic E-state index is 0.0675. The Morgan fingerprint density at radius 2 is 2.31 bits per heavy atom. The molecule has 4 nitrogen and oxygen atoms in total. The molecule has 1 aliphatic rings. The number of carbonyl (C=O) groups is 1. The van der Waals surface area contributed by atoms with Crippen LogP contribution in [0.5, 0.6) is 11.5 Å². The van der Waals surface area contributed by atoms with Crippen molar-refractivity contribution in [2.45, 2.75) is 25.2 Å². The summed E-state index contributed by atoms with van der Waals surface area (Å²) < 4.78 is 5.51. The SMILES string of the molecule is O=C(O)CC1CCCOc2ccc(O)cc21. The lowest BCUT2D eigenvalue weighted by Crippen LogP contribution is -2.05. The molecule has 2 rings (SSSR count). The Bertz CT molecular complexity index is 400. The number of hydrogen-bond acceptors (Lipinski definition) is 3. The van der Waals surface area contributed by atoms with E-state index in [0.29, 0.717) is 12.4 Å². The van der Waals surface area contributed by atoms with Gasteiger partial charge in [0, 0.05) is 5.56 Å². The number of ether oxygens (including phenoxy) is 1. The second-order valence-electron chi connectivity index (χ2n) is 4.01. The monoisotopic (exact) mass is 222 g/mol. The molecule has 1 heterocycles. The fourth-order valence-electron chi connectivity index (χ4n) is 2.08. The minimum atomic E-state index is -0.818. The predicted molar refractivity (Wildman–Crippen MR) is 57.8 cm³/mol. The van der Waals surface area contributed by atoms with E-state index in [1.807, 2.05) is 0 Å². The van der Waals surface area contributed by atoms with Crippen LogP contribution < -0.4 is 4.74 Å². The van der Waals surface area contributed by atoms with E-state index in [9.17, 15) is 9.90 Å². The number of aliphatic carboxylic acids is 1. The number of rotatable bonds is 2. The summed E-state index contributed by atoms with van der Waals surface area (Å²) in [4.78, 5) is 10.8. The fraction of sp³-hybridized carbons (Fsp3) is 0.417. The second kappa shape index (κ2) is 4.43. The Morgan fingerprint density at radius 3 is 3.06 bits per heavy atom. The number of carboxylic acid groups (broad SMARTS) is 1. The molecular weight excluding hydrogens is 208 g/mol. The zero-order chi connectivity index (χ0) is 11.5. The van der Waals surface area contributed by atoms with Gasteiger partial charge >= 0.3 is 5.97 Å². The van der Waals surface area contributed by atoms with Gasteiger partial charge in [-0.15, -0.1) is 0 Å². The number of carboxylic acids is 1. The van der Waals surface area contributed by atoms with Crippen LogP contribution in [0.25, 0.3) is 0 Å². The maximum absolute atomic E-state index is 10.8. The third-order valence-electron chi connectivity index (χ3n) is 2.81. The summed E-state index contributed by atoms with van der Waals surface area (Å²) in [5.74, 6) is -0.0375. The van der Waals surface area contributed by atoms with Crippen molar-refractivity contribution < 1.29 is 19.7 Å². The third-order valence-corrected chi connectivity index (χ3v) is 2.81. The number of phenolic OH excluding ortho intramolecular Hbond substituents is 1. The summed E-state index contributed by atoms with van der Waals surface area (Å²) in [7, 11) is 0. The third kappa shape index (κ3) is 2.27. The summed E-state index contributed by atoms with van der Waals surface area (Å²) in [6.07, 6.45) is 1.70. The van der Waals surface area contributed by atoms with E-state index in [1.165, 1.54) is 0 Å². The van der Waals surface area contributed by atoms with Gasteiger partial charge < -0.3 is 14.9 Å². The van der Waals surface area contributed by atoms with Crippen molar-refractivity contribution in [2.75, 3.05) is 6.61 Å². The molecule has 1 aromatic rings. The molecule has 1 aromatic carbocycles. The maximum atomic E-state index is 10.8. The zero-order valence-corrected chi connectivity index (χ0v) is 8.85. The average molecular weight is 222 g/mol. The Kier molecular flexibility index (Phi) is 2.99. The summed E-state index contributed by atoms with van der Waals surface area (Å²) in [5.41, 5.74) is 0.805. The van der Waals surface area contributed by atoms with Crippen molar-refractivity contribution in [3.8, 4) is 11.5 Å². The predicted octanol–water partition coefficient (Wildman–Crippen LogP) is 2.12. The molecule has 0 radical (unpaired) electrons. The van der Waals surface area contributed by atoms with E-state index in [4.69, 9.17) is 9.84 Å². The molecule has 4 heteroatoms. The van der Waals surface area contributed by atoms with E-state index < -0.39 is 5.97 Å². The highest BCUT2D eigenvalue weighted by molar-refractivity contribution is 5.68. The van der Waals surface area contributed by atoms with Gasteiger partial charge in [-0.3, -0.25) is 4.79 Å². The lowest BCUT2D eigenvalue weighted by atomic mass is 9.91. The van der Waals surface area contributed by atoms with Crippen LogP contribution in [-0.2, 0) is 4.79 Å². The molecule has 1 atom stereocenters. The van der Waals surface area contributed by atoms with E-state index in [2.05, 4.69) is 0 Å². The fourth-order valence-corrected chi connectivity index (χ4v) is 2.08. The number of phenols is 1. The Balaban J connectivity index is 2.34. The molecule has 0 aromatic heterocycles. The minimum Gasteiger partial charge on any atom is -0.508 e. The van der Waals surface area contributed by atoms with Gasteiger partial charge in [-0.2, -0.15) is 0 Å². The van der Waals surface area contributed by atoms with Crippen LogP contribution in [0.3, 0.4) is 0 Å². The molecule has 0 amide bonds. The smallest absolute Gasteiger partial charge is 0.303 e. The van der Waals surface area contributed by atoms with Crippen molar-refractivity contribution in [1.29, 1.82) is 0 Å². The largest absolute Gasteiger partial charge is 0.508 e. The average Bonchev–Trinajstić information content (AvgIpc) is 2.41. The first-order valence-electron chi connectivity index (χ1n) is 5.34. The molecule has 0 aliphatic carbocycles. The topological polar surface area (TPSA) is 66.8 Å². The van der Waals surface area contributed by atoms with Crippen LogP contribution in [0.15, 0.2) is 18.2 Å². The van der Waals surface area contributed by atoms with Crippen LogP contribution in [0, 0.1) is 0 Å². The second-order valence-corrected chi connectivity index (χ2v) is 4.01. The van der Waals surface area contributed by atoms with Gasteiger partial charge in [-0.05, 0) is 37.0 Å². The molecule has 0 saturated carbocycles. The summed E-state index contributed by atoms with van der Waals surface area (Å²) in [5, 5.41) is 18.3. The summed E-state index contributed by atoms with van der Waals surface area (Å²) in [6, 6.07) is 4.86. The molecule has 16 heavy (non-hydrogen) atoms. The number of fused-ring (bicyclic) bond motifs is 1. The maximum Gasteiger partial charge on any atom is 0.303 e.